The van der Waals surface area contributed by atoms with E-state index in [1.165, 1.54) is 49.8 Å². The van der Waals surface area contributed by atoms with Crippen LogP contribution < -0.4 is 20.1 Å². The third-order valence-electron chi connectivity index (χ3n) is 4.30. The highest BCUT2D eigenvalue weighted by Crippen LogP contribution is 2.37. The SMILES string of the molecule is CCOc1ccc(C(=O)Nc2ccc(NC(=O)c3ccco3)cc2C(F)(F)F)cc1OC. The van der Waals surface area contributed by atoms with Gasteiger partial charge in [0.2, 0.25) is 0 Å². The third kappa shape index (κ3) is 5.20. The topological polar surface area (TPSA) is 89.8 Å². The summed E-state index contributed by atoms with van der Waals surface area (Å²) in [6.07, 6.45) is -3.52. The van der Waals surface area contributed by atoms with Gasteiger partial charge in [-0.25, -0.2) is 0 Å². The van der Waals surface area contributed by atoms with Crippen LogP contribution >= 0.6 is 0 Å². The Balaban J connectivity index is 1.85. The maximum absolute atomic E-state index is 13.6. The summed E-state index contributed by atoms with van der Waals surface area (Å²) in [7, 11) is 1.39. The van der Waals surface area contributed by atoms with Crippen LogP contribution in [0.1, 0.15) is 33.4 Å². The molecular formula is C22H19F3N2O5. The van der Waals surface area contributed by atoms with E-state index in [9.17, 15) is 22.8 Å². The largest absolute Gasteiger partial charge is 0.493 e. The zero-order valence-electron chi connectivity index (χ0n) is 17.1. The average Bonchev–Trinajstić information content (AvgIpc) is 3.29. The number of benzene rings is 2. The lowest BCUT2D eigenvalue weighted by atomic mass is 10.1. The predicted molar refractivity (Wildman–Crippen MR) is 110 cm³/mol. The number of rotatable bonds is 7. The van der Waals surface area contributed by atoms with Gasteiger partial charge in [-0.05, 0) is 55.5 Å². The van der Waals surface area contributed by atoms with Crippen LogP contribution in [0.25, 0.3) is 0 Å². The zero-order chi connectivity index (χ0) is 23.3. The minimum atomic E-state index is -4.79. The van der Waals surface area contributed by atoms with Gasteiger partial charge < -0.3 is 24.5 Å². The number of alkyl halides is 3. The second-order valence-electron chi connectivity index (χ2n) is 6.44. The Kier molecular flexibility index (Phi) is 6.72. The number of amides is 2. The Hall–Kier alpha value is -3.95. The Bertz CT molecular complexity index is 1110. The number of hydrogen-bond acceptors (Lipinski definition) is 5. The number of methoxy groups -OCH3 is 1. The van der Waals surface area contributed by atoms with Crippen molar-refractivity contribution in [1.82, 2.24) is 0 Å². The molecule has 0 saturated heterocycles. The summed E-state index contributed by atoms with van der Waals surface area (Å²) in [6, 6.07) is 10.2. The molecule has 0 aliphatic carbocycles. The molecule has 0 atom stereocenters. The van der Waals surface area contributed by atoms with Gasteiger partial charge in [-0.2, -0.15) is 13.2 Å². The van der Waals surface area contributed by atoms with E-state index in [1.54, 1.807) is 6.92 Å². The summed E-state index contributed by atoms with van der Waals surface area (Å²) < 4.78 is 56.3. The van der Waals surface area contributed by atoms with Gasteiger partial charge in [0, 0.05) is 11.3 Å². The lowest BCUT2D eigenvalue weighted by Crippen LogP contribution is -2.18. The fourth-order valence-electron chi connectivity index (χ4n) is 2.84. The molecule has 10 heteroatoms. The normalized spacial score (nSPS) is 11.0. The maximum Gasteiger partial charge on any atom is 0.418 e. The number of furan rings is 1. The van der Waals surface area contributed by atoms with Crippen LogP contribution in [0.2, 0.25) is 0 Å². The highest BCUT2D eigenvalue weighted by atomic mass is 19.4. The molecule has 0 bridgehead atoms. The first-order chi connectivity index (χ1) is 15.2. The van der Waals surface area contributed by atoms with Gasteiger partial charge in [-0.15, -0.1) is 0 Å². The number of hydrogen-bond donors (Lipinski definition) is 2. The van der Waals surface area contributed by atoms with E-state index in [0.717, 1.165) is 12.1 Å². The van der Waals surface area contributed by atoms with Crippen molar-refractivity contribution in [2.75, 3.05) is 24.4 Å². The fourth-order valence-corrected chi connectivity index (χ4v) is 2.84. The first kappa shape index (κ1) is 22.7. The van der Waals surface area contributed by atoms with E-state index in [0.29, 0.717) is 12.4 Å². The van der Waals surface area contributed by atoms with E-state index in [4.69, 9.17) is 13.9 Å². The molecule has 168 valence electrons. The van der Waals surface area contributed by atoms with E-state index in [1.807, 2.05) is 0 Å². The molecular weight excluding hydrogens is 429 g/mol. The van der Waals surface area contributed by atoms with Gasteiger partial charge in [0.05, 0.1) is 31.2 Å². The minimum Gasteiger partial charge on any atom is -0.493 e. The van der Waals surface area contributed by atoms with Crippen molar-refractivity contribution < 1.29 is 36.7 Å². The quantitative estimate of drug-likeness (QED) is 0.518. The molecule has 3 rings (SSSR count). The molecule has 0 aliphatic heterocycles. The highest BCUT2D eigenvalue weighted by molar-refractivity contribution is 6.06. The molecule has 1 aromatic heterocycles. The van der Waals surface area contributed by atoms with Gasteiger partial charge in [-0.3, -0.25) is 9.59 Å². The molecule has 1 heterocycles. The highest BCUT2D eigenvalue weighted by Gasteiger charge is 2.34. The average molecular weight is 448 g/mol. The van der Waals surface area contributed by atoms with Gasteiger partial charge >= 0.3 is 6.18 Å². The van der Waals surface area contributed by atoms with Crippen molar-refractivity contribution >= 4 is 23.2 Å². The van der Waals surface area contributed by atoms with Gasteiger partial charge in [0.15, 0.2) is 17.3 Å². The number of anilines is 2. The van der Waals surface area contributed by atoms with Crippen molar-refractivity contribution in [2.24, 2.45) is 0 Å². The minimum absolute atomic E-state index is 0.0552. The molecule has 2 N–H and O–H groups in total. The van der Waals surface area contributed by atoms with Crippen molar-refractivity contribution in [3.63, 3.8) is 0 Å². The molecule has 0 fully saturated rings. The molecule has 7 nitrogen and oxygen atoms in total. The van der Waals surface area contributed by atoms with E-state index < -0.39 is 29.2 Å². The third-order valence-corrected chi connectivity index (χ3v) is 4.30. The van der Waals surface area contributed by atoms with Crippen LogP contribution in [-0.4, -0.2) is 25.5 Å². The Morgan fingerprint density at radius 2 is 1.78 bits per heavy atom. The van der Waals surface area contributed by atoms with Crippen molar-refractivity contribution in [2.45, 2.75) is 13.1 Å². The van der Waals surface area contributed by atoms with E-state index >= 15 is 0 Å². The molecule has 0 unspecified atom stereocenters. The summed E-state index contributed by atoms with van der Waals surface area (Å²) in [5.74, 6) is -0.864. The van der Waals surface area contributed by atoms with Crippen LogP contribution in [0.3, 0.4) is 0 Å². The summed E-state index contributed by atoms with van der Waals surface area (Å²) in [4.78, 5) is 24.6. The lowest BCUT2D eigenvalue weighted by Gasteiger charge is -2.16. The zero-order valence-corrected chi connectivity index (χ0v) is 17.1. The monoisotopic (exact) mass is 448 g/mol. The second-order valence-corrected chi connectivity index (χ2v) is 6.44. The second kappa shape index (κ2) is 9.46. The van der Waals surface area contributed by atoms with Crippen molar-refractivity contribution in [3.8, 4) is 11.5 Å². The molecule has 0 aliphatic rings. The van der Waals surface area contributed by atoms with Crippen LogP contribution in [0.5, 0.6) is 11.5 Å². The fraction of sp³-hybridized carbons (Fsp3) is 0.182. The number of carbonyl (C=O) groups excluding carboxylic acids is 2. The number of halogens is 3. The van der Waals surface area contributed by atoms with Crippen LogP contribution in [0, 0.1) is 0 Å². The molecule has 2 amide bonds. The molecule has 0 saturated carbocycles. The number of nitrogens with one attached hydrogen (secondary N) is 2. The van der Waals surface area contributed by atoms with Gasteiger partial charge in [0.1, 0.15) is 0 Å². The number of carbonyl (C=O) groups is 2. The molecule has 2 aromatic carbocycles. The Morgan fingerprint density at radius 3 is 2.41 bits per heavy atom. The van der Waals surface area contributed by atoms with Crippen LogP contribution in [0.4, 0.5) is 24.5 Å². The van der Waals surface area contributed by atoms with Crippen LogP contribution in [0.15, 0.2) is 59.2 Å². The molecule has 0 spiro atoms. The summed E-state index contributed by atoms with van der Waals surface area (Å²) in [6.45, 7) is 2.15. The van der Waals surface area contributed by atoms with Gasteiger partial charge in [-0.1, -0.05) is 0 Å². The Labute approximate surface area is 181 Å². The van der Waals surface area contributed by atoms with Crippen LogP contribution in [-0.2, 0) is 6.18 Å². The standard InChI is InChI=1S/C22H19F3N2O5/c1-3-31-17-9-6-13(11-19(17)30-2)20(28)27-16-8-7-14(12-15(16)22(23,24)25)26-21(29)18-5-4-10-32-18/h4-12H,3H2,1-2H3,(H,26,29)(H,27,28). The summed E-state index contributed by atoms with van der Waals surface area (Å²) in [5, 5.41) is 4.58. The first-order valence-electron chi connectivity index (χ1n) is 9.41. The molecule has 3 aromatic rings. The van der Waals surface area contributed by atoms with E-state index in [2.05, 4.69) is 10.6 Å². The van der Waals surface area contributed by atoms with E-state index in [-0.39, 0.29) is 22.8 Å². The van der Waals surface area contributed by atoms with Gasteiger partial charge in [0.25, 0.3) is 11.8 Å². The molecule has 32 heavy (non-hydrogen) atoms. The maximum atomic E-state index is 13.6. The Morgan fingerprint density at radius 1 is 1.00 bits per heavy atom. The number of ether oxygens (including phenoxy) is 2. The van der Waals surface area contributed by atoms with Crippen molar-refractivity contribution in [3.05, 3.63) is 71.7 Å². The van der Waals surface area contributed by atoms with Crippen molar-refractivity contribution in [1.29, 1.82) is 0 Å². The predicted octanol–water partition coefficient (Wildman–Crippen LogP) is 5.21. The molecule has 0 radical (unpaired) electrons. The summed E-state index contributed by atoms with van der Waals surface area (Å²) in [5.41, 5.74) is -1.62. The smallest absolute Gasteiger partial charge is 0.418 e. The lowest BCUT2D eigenvalue weighted by molar-refractivity contribution is -0.136. The first-order valence-corrected chi connectivity index (χ1v) is 9.41. The summed E-state index contributed by atoms with van der Waals surface area (Å²) >= 11 is 0.